The van der Waals surface area contributed by atoms with Gasteiger partial charge in [-0.15, -0.1) is 0 Å². The quantitative estimate of drug-likeness (QED) is 0.0261. The molecule has 1 unspecified atom stereocenters. The number of hydrogen-bond acceptors (Lipinski definition) is 6. The number of esters is 3. The standard InChI is InChI=1S/C73H126O6/c1-4-7-10-13-16-19-22-24-26-28-30-31-32-33-34-35-36-37-38-39-40-41-43-44-46-48-51-54-57-60-63-66-72(75)78-69-70(68-77-71(74)65-62-59-56-53-50-21-18-15-12-9-6-3)79-73(76)67-64-61-58-55-52-49-47-45-42-29-27-25-23-20-17-14-11-8-5-2/h7,10,16-17,19-20,24-27,30-31,33-34,36-37,70H,4-6,8-9,11-15,18,21-23,28-29,32,35,38-69H2,1-3H3/b10-7-,19-16-,20-17-,26-24-,27-25-,31-30-,34-33-,37-36-. The van der Waals surface area contributed by atoms with E-state index in [0.29, 0.717) is 19.3 Å². The summed E-state index contributed by atoms with van der Waals surface area (Å²) >= 11 is 0. The van der Waals surface area contributed by atoms with Crippen LogP contribution in [0.4, 0.5) is 0 Å². The first kappa shape index (κ1) is 75.3. The maximum absolute atomic E-state index is 12.9. The van der Waals surface area contributed by atoms with Gasteiger partial charge in [-0.05, 0) is 103 Å². The summed E-state index contributed by atoms with van der Waals surface area (Å²) in [6.07, 6.45) is 89.9. The molecule has 0 aliphatic carbocycles. The largest absolute Gasteiger partial charge is 0.462 e. The lowest BCUT2D eigenvalue weighted by molar-refractivity contribution is -0.167. The summed E-state index contributed by atoms with van der Waals surface area (Å²) in [6, 6.07) is 0. The van der Waals surface area contributed by atoms with Crippen LogP contribution in [0.2, 0.25) is 0 Å². The van der Waals surface area contributed by atoms with Crippen molar-refractivity contribution in [2.45, 2.75) is 335 Å². The van der Waals surface area contributed by atoms with Crippen LogP contribution in [0.15, 0.2) is 97.2 Å². The Morgan fingerprint density at radius 1 is 0.266 bits per heavy atom. The number of carbonyl (C=O) groups is 3. The minimum atomic E-state index is -0.779. The minimum Gasteiger partial charge on any atom is -0.462 e. The summed E-state index contributed by atoms with van der Waals surface area (Å²) in [4.78, 5) is 38.3. The van der Waals surface area contributed by atoms with Gasteiger partial charge in [0.05, 0.1) is 0 Å². The summed E-state index contributed by atoms with van der Waals surface area (Å²) < 4.78 is 16.9. The smallest absolute Gasteiger partial charge is 0.306 e. The molecule has 0 saturated heterocycles. The molecule has 454 valence electrons. The van der Waals surface area contributed by atoms with Crippen LogP contribution in [0.5, 0.6) is 0 Å². The highest BCUT2D eigenvalue weighted by Gasteiger charge is 2.19. The number of hydrogen-bond donors (Lipinski definition) is 0. The summed E-state index contributed by atoms with van der Waals surface area (Å²) in [5.41, 5.74) is 0. The SMILES string of the molecule is CC/C=C\C/C=C\C/C=C\C/C=C\C/C=C\C/C=C\CCCCCCCCCCCCCCC(=O)OCC(COC(=O)CCCCCCCCCCCCC)OC(=O)CCCCCCCCCCC/C=C\C/C=C\CCCCC. The summed E-state index contributed by atoms with van der Waals surface area (Å²) in [6.45, 7) is 6.52. The first-order valence-corrected chi connectivity index (χ1v) is 33.7. The zero-order chi connectivity index (χ0) is 57.1. The van der Waals surface area contributed by atoms with Crippen molar-refractivity contribution in [3.8, 4) is 0 Å². The molecule has 0 fully saturated rings. The highest BCUT2D eigenvalue weighted by molar-refractivity contribution is 5.71. The molecule has 6 heteroatoms. The molecule has 0 bridgehead atoms. The fraction of sp³-hybridized carbons (Fsp3) is 0.740. The molecule has 0 radical (unpaired) electrons. The van der Waals surface area contributed by atoms with Crippen molar-refractivity contribution in [2.75, 3.05) is 13.2 Å². The van der Waals surface area contributed by atoms with Gasteiger partial charge >= 0.3 is 17.9 Å². The van der Waals surface area contributed by atoms with E-state index in [1.165, 1.54) is 186 Å². The minimum absolute atomic E-state index is 0.0756. The number of unbranched alkanes of at least 4 members (excludes halogenated alkanes) is 34. The van der Waals surface area contributed by atoms with E-state index >= 15 is 0 Å². The van der Waals surface area contributed by atoms with Gasteiger partial charge in [0.15, 0.2) is 6.10 Å². The lowest BCUT2D eigenvalue weighted by atomic mass is 10.0. The molecule has 0 amide bonds. The third kappa shape index (κ3) is 65.0. The molecule has 0 saturated carbocycles. The predicted molar refractivity (Wildman–Crippen MR) is 344 cm³/mol. The molecule has 79 heavy (non-hydrogen) atoms. The summed E-state index contributed by atoms with van der Waals surface area (Å²) in [7, 11) is 0. The Labute approximate surface area is 489 Å². The lowest BCUT2D eigenvalue weighted by Gasteiger charge is -2.18. The predicted octanol–water partition coefficient (Wildman–Crippen LogP) is 23.2. The van der Waals surface area contributed by atoms with Gasteiger partial charge in [-0.2, -0.15) is 0 Å². The van der Waals surface area contributed by atoms with Gasteiger partial charge in [-0.1, -0.05) is 304 Å². The molecular formula is C73H126O6. The molecule has 1 atom stereocenters. The van der Waals surface area contributed by atoms with Gasteiger partial charge in [0.25, 0.3) is 0 Å². The van der Waals surface area contributed by atoms with Gasteiger partial charge in [0, 0.05) is 19.3 Å². The Balaban J connectivity index is 4.21. The van der Waals surface area contributed by atoms with Crippen molar-refractivity contribution in [1.82, 2.24) is 0 Å². The zero-order valence-corrected chi connectivity index (χ0v) is 52.1. The van der Waals surface area contributed by atoms with Gasteiger partial charge in [0.2, 0.25) is 0 Å². The van der Waals surface area contributed by atoms with E-state index in [1.807, 2.05) is 0 Å². The summed E-state index contributed by atoms with van der Waals surface area (Å²) in [5, 5.41) is 0. The zero-order valence-electron chi connectivity index (χ0n) is 52.1. The van der Waals surface area contributed by atoms with Crippen molar-refractivity contribution >= 4 is 17.9 Å². The summed E-state index contributed by atoms with van der Waals surface area (Å²) in [5.74, 6) is -0.869. The monoisotopic (exact) mass is 1100 g/mol. The van der Waals surface area contributed by atoms with Crippen molar-refractivity contribution in [3.05, 3.63) is 97.2 Å². The maximum atomic E-state index is 12.9. The molecule has 0 aromatic heterocycles. The third-order valence-corrected chi connectivity index (χ3v) is 14.6. The van der Waals surface area contributed by atoms with E-state index in [2.05, 4.69) is 118 Å². The highest BCUT2D eigenvalue weighted by atomic mass is 16.6. The molecule has 0 aromatic carbocycles. The molecule has 0 aromatic rings. The second kappa shape index (κ2) is 66.8. The number of allylic oxidation sites excluding steroid dienone is 16. The van der Waals surface area contributed by atoms with Crippen LogP contribution in [0.3, 0.4) is 0 Å². The average Bonchev–Trinajstić information content (AvgIpc) is 3.45. The maximum Gasteiger partial charge on any atom is 0.306 e. The molecule has 0 N–H and O–H groups in total. The van der Waals surface area contributed by atoms with Crippen LogP contribution in [-0.2, 0) is 28.6 Å². The van der Waals surface area contributed by atoms with Crippen LogP contribution in [0.25, 0.3) is 0 Å². The van der Waals surface area contributed by atoms with Crippen LogP contribution < -0.4 is 0 Å². The topological polar surface area (TPSA) is 78.9 Å². The van der Waals surface area contributed by atoms with E-state index in [1.54, 1.807) is 0 Å². The van der Waals surface area contributed by atoms with E-state index in [4.69, 9.17) is 14.2 Å². The second-order valence-corrected chi connectivity index (χ2v) is 22.4. The Hall–Kier alpha value is -3.67. The molecule has 0 spiro atoms. The first-order chi connectivity index (χ1) is 39.0. The fourth-order valence-corrected chi connectivity index (χ4v) is 9.54. The first-order valence-electron chi connectivity index (χ1n) is 33.7. The van der Waals surface area contributed by atoms with E-state index in [-0.39, 0.29) is 31.1 Å². The number of carbonyl (C=O) groups excluding carboxylic acids is 3. The Morgan fingerprint density at radius 3 is 0.797 bits per heavy atom. The number of rotatable bonds is 61. The third-order valence-electron chi connectivity index (χ3n) is 14.6. The average molecular weight is 1100 g/mol. The van der Waals surface area contributed by atoms with E-state index < -0.39 is 6.10 Å². The van der Waals surface area contributed by atoms with Gasteiger partial charge < -0.3 is 14.2 Å². The Bertz CT molecular complexity index is 1540. The van der Waals surface area contributed by atoms with Crippen molar-refractivity contribution in [3.63, 3.8) is 0 Å². The normalized spacial score (nSPS) is 12.7. The Morgan fingerprint density at radius 2 is 0.494 bits per heavy atom. The van der Waals surface area contributed by atoms with Crippen LogP contribution >= 0.6 is 0 Å². The highest BCUT2D eigenvalue weighted by Crippen LogP contribution is 2.17. The van der Waals surface area contributed by atoms with Crippen LogP contribution in [0.1, 0.15) is 329 Å². The van der Waals surface area contributed by atoms with Crippen molar-refractivity contribution < 1.29 is 28.6 Å². The fourth-order valence-electron chi connectivity index (χ4n) is 9.54. The van der Waals surface area contributed by atoms with Crippen molar-refractivity contribution in [1.29, 1.82) is 0 Å². The van der Waals surface area contributed by atoms with Crippen LogP contribution in [0, 0.1) is 0 Å². The van der Waals surface area contributed by atoms with E-state index in [0.717, 1.165) is 103 Å². The molecule has 6 nitrogen and oxygen atoms in total. The van der Waals surface area contributed by atoms with E-state index in [9.17, 15) is 14.4 Å². The van der Waals surface area contributed by atoms with Crippen molar-refractivity contribution in [2.24, 2.45) is 0 Å². The number of ether oxygens (including phenoxy) is 3. The molecule has 0 aliphatic rings. The molecule has 0 rings (SSSR count). The van der Waals surface area contributed by atoms with Gasteiger partial charge in [0.1, 0.15) is 13.2 Å². The molecular weight excluding hydrogens is 973 g/mol. The van der Waals surface area contributed by atoms with Gasteiger partial charge in [-0.25, -0.2) is 0 Å². The molecule has 0 heterocycles. The van der Waals surface area contributed by atoms with Gasteiger partial charge in [-0.3, -0.25) is 14.4 Å². The van der Waals surface area contributed by atoms with Crippen LogP contribution in [-0.4, -0.2) is 37.2 Å². The Kier molecular flexibility index (Phi) is 63.7. The second-order valence-electron chi connectivity index (χ2n) is 22.4. The lowest BCUT2D eigenvalue weighted by Crippen LogP contribution is -2.30. The molecule has 0 aliphatic heterocycles.